The molecule has 5 nitrogen and oxygen atoms in total. The summed E-state index contributed by atoms with van der Waals surface area (Å²) in [5.74, 6) is 0.639. The highest BCUT2D eigenvalue weighted by molar-refractivity contribution is 5.21. The number of hydrogen-bond acceptors (Lipinski definition) is 4. The topological polar surface area (TPSA) is 52.0 Å². The van der Waals surface area contributed by atoms with Crippen LogP contribution in [-0.2, 0) is 13.6 Å². The lowest BCUT2D eigenvalue weighted by molar-refractivity contribution is 0.397. The zero-order valence-corrected chi connectivity index (χ0v) is 11.8. The molecule has 0 aromatic carbocycles. The van der Waals surface area contributed by atoms with E-state index in [0.717, 1.165) is 17.8 Å². The largest absolute Gasteiger partial charge is 0.481 e. The van der Waals surface area contributed by atoms with Crippen molar-refractivity contribution in [2.75, 3.05) is 7.11 Å². The predicted molar refractivity (Wildman–Crippen MR) is 74.0 cm³/mol. The minimum atomic E-state index is 0.260. The van der Waals surface area contributed by atoms with E-state index in [1.807, 2.05) is 37.0 Å². The molecule has 0 bridgehead atoms. The van der Waals surface area contributed by atoms with E-state index in [2.05, 4.69) is 28.5 Å². The zero-order chi connectivity index (χ0) is 13.8. The molecular formula is C14H20N4O. The van der Waals surface area contributed by atoms with Gasteiger partial charge in [0, 0.05) is 43.7 Å². The standard InChI is InChI=1S/C14H20N4O/c1-10(13-9-18(3)17-11(13)2)15-7-12-5-6-14(19-4)16-8-12/h5-6,8-10,15H,7H2,1-4H3. The first-order chi connectivity index (χ1) is 9.10. The third-order valence-corrected chi connectivity index (χ3v) is 3.14. The molecule has 0 spiro atoms. The number of rotatable bonds is 5. The summed E-state index contributed by atoms with van der Waals surface area (Å²) in [5.41, 5.74) is 3.42. The molecule has 0 saturated heterocycles. The Morgan fingerprint density at radius 2 is 2.21 bits per heavy atom. The summed E-state index contributed by atoms with van der Waals surface area (Å²) in [5, 5.41) is 7.83. The SMILES string of the molecule is COc1ccc(CNC(C)c2cn(C)nc2C)cn1. The molecule has 0 amide bonds. The molecule has 0 saturated carbocycles. The lowest BCUT2D eigenvalue weighted by Crippen LogP contribution is -2.18. The average Bonchev–Trinajstić information content (AvgIpc) is 2.75. The average molecular weight is 260 g/mol. The van der Waals surface area contributed by atoms with Crippen LogP contribution in [0.2, 0.25) is 0 Å². The molecule has 102 valence electrons. The first kappa shape index (κ1) is 13.5. The minimum absolute atomic E-state index is 0.260. The molecule has 0 fully saturated rings. The van der Waals surface area contributed by atoms with Gasteiger partial charge in [-0.1, -0.05) is 6.07 Å². The lowest BCUT2D eigenvalue weighted by atomic mass is 10.1. The Balaban J connectivity index is 1.96. The van der Waals surface area contributed by atoms with E-state index < -0.39 is 0 Å². The van der Waals surface area contributed by atoms with E-state index in [0.29, 0.717) is 5.88 Å². The van der Waals surface area contributed by atoms with Crippen molar-refractivity contribution < 1.29 is 4.74 Å². The van der Waals surface area contributed by atoms with Crippen LogP contribution in [-0.4, -0.2) is 21.9 Å². The van der Waals surface area contributed by atoms with Crippen molar-refractivity contribution in [1.29, 1.82) is 0 Å². The second-order valence-electron chi connectivity index (χ2n) is 4.65. The first-order valence-electron chi connectivity index (χ1n) is 6.32. The Labute approximate surface area is 113 Å². The van der Waals surface area contributed by atoms with Gasteiger partial charge in [-0.25, -0.2) is 4.98 Å². The fourth-order valence-corrected chi connectivity index (χ4v) is 2.06. The van der Waals surface area contributed by atoms with Crippen LogP contribution in [0.25, 0.3) is 0 Å². The highest BCUT2D eigenvalue weighted by Gasteiger charge is 2.11. The van der Waals surface area contributed by atoms with Crippen molar-refractivity contribution in [2.24, 2.45) is 7.05 Å². The van der Waals surface area contributed by atoms with Crippen molar-refractivity contribution in [3.63, 3.8) is 0 Å². The number of ether oxygens (including phenoxy) is 1. The summed E-state index contributed by atoms with van der Waals surface area (Å²) in [6, 6.07) is 4.15. The quantitative estimate of drug-likeness (QED) is 0.893. The maximum atomic E-state index is 5.04. The van der Waals surface area contributed by atoms with E-state index in [9.17, 15) is 0 Å². The van der Waals surface area contributed by atoms with Crippen molar-refractivity contribution in [2.45, 2.75) is 26.4 Å². The molecule has 2 aromatic heterocycles. The van der Waals surface area contributed by atoms with Crippen LogP contribution in [0.3, 0.4) is 0 Å². The molecular weight excluding hydrogens is 240 g/mol. The van der Waals surface area contributed by atoms with Gasteiger partial charge in [-0.05, 0) is 19.4 Å². The molecule has 5 heteroatoms. The van der Waals surface area contributed by atoms with Gasteiger partial charge in [0.25, 0.3) is 0 Å². The van der Waals surface area contributed by atoms with Crippen LogP contribution < -0.4 is 10.1 Å². The van der Waals surface area contributed by atoms with Gasteiger partial charge in [-0.15, -0.1) is 0 Å². The molecule has 0 aliphatic rings. The summed E-state index contributed by atoms with van der Waals surface area (Å²) < 4.78 is 6.89. The van der Waals surface area contributed by atoms with Crippen LogP contribution in [0.1, 0.15) is 29.8 Å². The minimum Gasteiger partial charge on any atom is -0.481 e. The molecule has 1 N–H and O–H groups in total. The van der Waals surface area contributed by atoms with E-state index in [-0.39, 0.29) is 6.04 Å². The fourth-order valence-electron chi connectivity index (χ4n) is 2.06. The Kier molecular flexibility index (Phi) is 4.16. The van der Waals surface area contributed by atoms with Gasteiger partial charge >= 0.3 is 0 Å². The normalized spacial score (nSPS) is 12.4. The summed E-state index contributed by atoms with van der Waals surface area (Å²) in [6.45, 7) is 4.94. The van der Waals surface area contributed by atoms with Gasteiger partial charge in [-0.3, -0.25) is 4.68 Å². The number of hydrogen-bond donors (Lipinski definition) is 1. The van der Waals surface area contributed by atoms with Gasteiger partial charge in [0.05, 0.1) is 12.8 Å². The monoisotopic (exact) mass is 260 g/mol. The molecule has 1 atom stereocenters. The number of methoxy groups -OCH3 is 1. The second-order valence-corrected chi connectivity index (χ2v) is 4.65. The van der Waals surface area contributed by atoms with E-state index >= 15 is 0 Å². The third kappa shape index (κ3) is 3.32. The number of aromatic nitrogens is 3. The van der Waals surface area contributed by atoms with Gasteiger partial charge in [0.1, 0.15) is 0 Å². The summed E-state index contributed by atoms with van der Waals surface area (Å²) in [7, 11) is 3.56. The van der Waals surface area contributed by atoms with Crippen LogP contribution in [0.15, 0.2) is 24.5 Å². The van der Waals surface area contributed by atoms with Crippen LogP contribution in [0, 0.1) is 6.92 Å². The van der Waals surface area contributed by atoms with Crippen molar-refractivity contribution >= 4 is 0 Å². The van der Waals surface area contributed by atoms with Crippen LogP contribution in [0.4, 0.5) is 0 Å². The Bertz CT molecular complexity index is 533. The maximum absolute atomic E-state index is 5.04. The molecule has 0 aliphatic heterocycles. The molecule has 2 rings (SSSR count). The number of nitrogens with zero attached hydrogens (tertiary/aromatic N) is 3. The highest BCUT2D eigenvalue weighted by atomic mass is 16.5. The molecule has 19 heavy (non-hydrogen) atoms. The maximum Gasteiger partial charge on any atom is 0.212 e. The Hall–Kier alpha value is -1.88. The molecule has 2 heterocycles. The van der Waals surface area contributed by atoms with Crippen molar-refractivity contribution in [3.8, 4) is 5.88 Å². The molecule has 2 aromatic rings. The Morgan fingerprint density at radius 3 is 2.74 bits per heavy atom. The summed E-state index contributed by atoms with van der Waals surface area (Å²) >= 11 is 0. The summed E-state index contributed by atoms with van der Waals surface area (Å²) in [4.78, 5) is 4.19. The van der Waals surface area contributed by atoms with Gasteiger partial charge in [0.2, 0.25) is 5.88 Å². The summed E-state index contributed by atoms with van der Waals surface area (Å²) in [6.07, 6.45) is 3.88. The van der Waals surface area contributed by atoms with Crippen molar-refractivity contribution in [1.82, 2.24) is 20.1 Å². The predicted octanol–water partition coefficient (Wildman–Crippen LogP) is 1.98. The number of nitrogens with one attached hydrogen (secondary N) is 1. The van der Waals surface area contributed by atoms with E-state index in [1.165, 1.54) is 5.56 Å². The molecule has 1 unspecified atom stereocenters. The van der Waals surface area contributed by atoms with E-state index in [4.69, 9.17) is 4.74 Å². The van der Waals surface area contributed by atoms with Gasteiger partial charge in [-0.2, -0.15) is 5.10 Å². The van der Waals surface area contributed by atoms with Crippen LogP contribution in [0.5, 0.6) is 5.88 Å². The highest BCUT2D eigenvalue weighted by Crippen LogP contribution is 2.16. The van der Waals surface area contributed by atoms with Crippen LogP contribution >= 0.6 is 0 Å². The molecule has 0 radical (unpaired) electrons. The van der Waals surface area contributed by atoms with Crippen molar-refractivity contribution in [3.05, 3.63) is 41.3 Å². The lowest BCUT2D eigenvalue weighted by Gasteiger charge is -2.13. The number of aryl methyl sites for hydroxylation is 2. The Morgan fingerprint density at radius 1 is 1.42 bits per heavy atom. The zero-order valence-electron chi connectivity index (χ0n) is 11.8. The van der Waals surface area contributed by atoms with Gasteiger partial charge < -0.3 is 10.1 Å². The van der Waals surface area contributed by atoms with Gasteiger partial charge in [0.15, 0.2) is 0 Å². The van der Waals surface area contributed by atoms with E-state index in [1.54, 1.807) is 7.11 Å². The second kappa shape index (κ2) is 5.84. The fraction of sp³-hybridized carbons (Fsp3) is 0.429. The smallest absolute Gasteiger partial charge is 0.212 e. The first-order valence-corrected chi connectivity index (χ1v) is 6.32. The molecule has 0 aliphatic carbocycles. The number of pyridine rings is 1. The third-order valence-electron chi connectivity index (χ3n) is 3.14.